The van der Waals surface area contributed by atoms with Crippen LogP contribution in [0.25, 0.3) is 0 Å². The highest BCUT2D eigenvalue weighted by atomic mass is 16.5. The first-order chi connectivity index (χ1) is 12.2. The average Bonchev–Trinajstić information content (AvgIpc) is 2.62. The van der Waals surface area contributed by atoms with Crippen molar-refractivity contribution in [2.45, 2.75) is 19.3 Å². The third-order valence-corrected chi connectivity index (χ3v) is 3.85. The highest BCUT2D eigenvalue weighted by Gasteiger charge is 2.05. The zero-order valence-electron chi connectivity index (χ0n) is 14.7. The van der Waals surface area contributed by atoms with Gasteiger partial charge >= 0.3 is 0 Å². The molecule has 0 aliphatic heterocycles. The number of methoxy groups -OCH3 is 2. The van der Waals surface area contributed by atoms with E-state index in [1.807, 2.05) is 30.3 Å². The van der Waals surface area contributed by atoms with E-state index in [0.717, 1.165) is 36.4 Å². The molecule has 4 N–H and O–H groups in total. The lowest BCUT2D eigenvalue weighted by molar-refractivity contribution is -0.115. The van der Waals surface area contributed by atoms with E-state index in [9.17, 15) is 4.79 Å². The van der Waals surface area contributed by atoms with Gasteiger partial charge in [-0.3, -0.25) is 16.1 Å². The summed E-state index contributed by atoms with van der Waals surface area (Å²) in [4.78, 5) is 11.6. The van der Waals surface area contributed by atoms with E-state index in [2.05, 4.69) is 22.9 Å². The summed E-state index contributed by atoms with van der Waals surface area (Å²) >= 11 is 0. The largest absolute Gasteiger partial charge is 0.493 e. The molecule has 0 aliphatic rings. The van der Waals surface area contributed by atoms with Crippen LogP contribution in [0.5, 0.6) is 11.5 Å². The zero-order valence-corrected chi connectivity index (χ0v) is 14.7. The van der Waals surface area contributed by atoms with Gasteiger partial charge < -0.3 is 14.8 Å². The van der Waals surface area contributed by atoms with Crippen LogP contribution in [0, 0.1) is 0 Å². The lowest BCUT2D eigenvalue weighted by Gasteiger charge is -2.10. The summed E-state index contributed by atoms with van der Waals surface area (Å²) in [5, 5.41) is 2.81. The van der Waals surface area contributed by atoms with Crippen molar-refractivity contribution < 1.29 is 14.3 Å². The first-order valence-electron chi connectivity index (χ1n) is 8.19. The number of aryl methyl sites for hydroxylation is 2. The maximum atomic E-state index is 11.6. The quantitative estimate of drug-likeness (QED) is 0.480. The third-order valence-electron chi connectivity index (χ3n) is 3.85. The molecule has 2 aromatic rings. The molecule has 0 bridgehead atoms. The fourth-order valence-electron chi connectivity index (χ4n) is 2.64. The van der Waals surface area contributed by atoms with Crippen molar-refractivity contribution in [3.05, 3.63) is 53.6 Å². The predicted octanol–water partition coefficient (Wildman–Crippen LogP) is 2.28. The number of carbonyl (C=O) groups is 1. The number of nitrogens with two attached hydrogens (primary N) is 1. The van der Waals surface area contributed by atoms with E-state index in [-0.39, 0.29) is 12.5 Å². The van der Waals surface area contributed by atoms with Crippen molar-refractivity contribution in [1.82, 2.24) is 5.43 Å². The summed E-state index contributed by atoms with van der Waals surface area (Å²) in [5.74, 6) is 6.47. The first kappa shape index (κ1) is 18.8. The molecule has 0 unspecified atom stereocenters. The van der Waals surface area contributed by atoms with Crippen LogP contribution < -0.4 is 26.1 Å². The van der Waals surface area contributed by atoms with Gasteiger partial charge in [-0.1, -0.05) is 18.2 Å². The van der Waals surface area contributed by atoms with Gasteiger partial charge in [-0.15, -0.1) is 0 Å². The van der Waals surface area contributed by atoms with Crippen molar-refractivity contribution in [3.63, 3.8) is 0 Å². The van der Waals surface area contributed by atoms with Gasteiger partial charge in [0.25, 0.3) is 0 Å². The smallest absolute Gasteiger partial charge is 0.239 e. The number of nitrogens with one attached hydrogen (secondary N) is 2. The summed E-state index contributed by atoms with van der Waals surface area (Å²) in [7, 11) is 3.27. The van der Waals surface area contributed by atoms with Crippen LogP contribution in [0.15, 0.2) is 42.5 Å². The van der Waals surface area contributed by atoms with Gasteiger partial charge in [0, 0.05) is 5.69 Å². The number of hydrazine groups is 1. The van der Waals surface area contributed by atoms with E-state index >= 15 is 0 Å². The standard InChI is InChI=1S/C19H25N3O3/c1-24-17-10-9-15(12-18(17)25-2)6-3-5-14-7-4-8-16(11-14)22-19(23)13-21-20/h4,7-12,21H,3,5-6,13,20H2,1-2H3,(H,22,23). The Morgan fingerprint density at radius 2 is 1.72 bits per heavy atom. The van der Waals surface area contributed by atoms with Gasteiger partial charge in [-0.25, -0.2) is 0 Å². The molecule has 0 spiro atoms. The second kappa shape index (κ2) is 9.66. The van der Waals surface area contributed by atoms with Crippen LogP contribution >= 0.6 is 0 Å². The second-order valence-electron chi connectivity index (χ2n) is 5.67. The minimum Gasteiger partial charge on any atom is -0.493 e. The Balaban J connectivity index is 1.90. The summed E-state index contributed by atoms with van der Waals surface area (Å²) < 4.78 is 10.6. The predicted molar refractivity (Wildman–Crippen MR) is 98.8 cm³/mol. The van der Waals surface area contributed by atoms with Crippen molar-refractivity contribution in [2.75, 3.05) is 26.1 Å². The Bertz CT molecular complexity index is 704. The average molecular weight is 343 g/mol. The lowest BCUT2D eigenvalue weighted by Crippen LogP contribution is -2.32. The molecule has 0 radical (unpaired) electrons. The minimum absolute atomic E-state index is 0.0868. The number of carbonyl (C=O) groups excluding carboxylic acids is 1. The van der Waals surface area contributed by atoms with E-state index in [1.54, 1.807) is 14.2 Å². The van der Waals surface area contributed by atoms with Crippen LogP contribution in [0.4, 0.5) is 5.69 Å². The molecule has 25 heavy (non-hydrogen) atoms. The van der Waals surface area contributed by atoms with E-state index in [4.69, 9.17) is 15.3 Å². The van der Waals surface area contributed by atoms with Gasteiger partial charge in [-0.05, 0) is 54.7 Å². The van der Waals surface area contributed by atoms with Crippen LogP contribution in [0.1, 0.15) is 17.5 Å². The molecule has 0 atom stereocenters. The van der Waals surface area contributed by atoms with E-state index in [1.165, 1.54) is 11.1 Å². The first-order valence-corrected chi connectivity index (χ1v) is 8.19. The molecule has 0 saturated heterocycles. The fraction of sp³-hybridized carbons (Fsp3) is 0.316. The van der Waals surface area contributed by atoms with Crippen molar-refractivity contribution in [2.24, 2.45) is 5.84 Å². The molecule has 1 amide bonds. The second-order valence-corrected chi connectivity index (χ2v) is 5.67. The normalized spacial score (nSPS) is 10.4. The van der Waals surface area contributed by atoms with Crippen molar-refractivity contribution >= 4 is 11.6 Å². The molecule has 0 saturated carbocycles. The molecule has 2 rings (SSSR count). The van der Waals surface area contributed by atoms with Crippen LogP contribution in [-0.2, 0) is 17.6 Å². The van der Waals surface area contributed by atoms with Crippen LogP contribution in [0.2, 0.25) is 0 Å². The number of anilines is 1. The molecule has 0 aliphatic carbocycles. The van der Waals surface area contributed by atoms with Gasteiger partial charge in [-0.2, -0.15) is 0 Å². The number of benzene rings is 2. The van der Waals surface area contributed by atoms with Gasteiger partial charge in [0.1, 0.15) is 0 Å². The lowest BCUT2D eigenvalue weighted by atomic mass is 10.0. The minimum atomic E-state index is -0.162. The molecular formula is C19H25N3O3. The van der Waals surface area contributed by atoms with Gasteiger partial charge in [0.2, 0.25) is 5.91 Å². The summed E-state index contributed by atoms with van der Waals surface area (Å²) in [6, 6.07) is 13.8. The topological polar surface area (TPSA) is 85.6 Å². The van der Waals surface area contributed by atoms with Crippen molar-refractivity contribution in [1.29, 1.82) is 0 Å². The molecule has 0 fully saturated rings. The summed E-state index contributed by atoms with van der Waals surface area (Å²) in [6.07, 6.45) is 2.86. The number of hydrogen-bond acceptors (Lipinski definition) is 5. The Morgan fingerprint density at radius 1 is 1.00 bits per heavy atom. The van der Waals surface area contributed by atoms with Crippen molar-refractivity contribution in [3.8, 4) is 11.5 Å². The monoisotopic (exact) mass is 343 g/mol. The Morgan fingerprint density at radius 3 is 2.40 bits per heavy atom. The third kappa shape index (κ3) is 5.77. The maximum Gasteiger partial charge on any atom is 0.239 e. The fourth-order valence-corrected chi connectivity index (χ4v) is 2.64. The molecule has 6 nitrogen and oxygen atoms in total. The number of hydrogen-bond donors (Lipinski definition) is 3. The van der Waals surface area contributed by atoms with Crippen LogP contribution in [-0.4, -0.2) is 26.7 Å². The highest BCUT2D eigenvalue weighted by molar-refractivity contribution is 5.92. The molecule has 0 aromatic heterocycles. The maximum absolute atomic E-state index is 11.6. The Labute approximate surface area is 148 Å². The van der Waals surface area contributed by atoms with E-state index in [0.29, 0.717) is 0 Å². The van der Waals surface area contributed by atoms with Crippen LogP contribution in [0.3, 0.4) is 0 Å². The molecule has 6 heteroatoms. The highest BCUT2D eigenvalue weighted by Crippen LogP contribution is 2.28. The Kier molecular flexibility index (Phi) is 7.25. The summed E-state index contributed by atoms with van der Waals surface area (Å²) in [6.45, 7) is 0.0868. The van der Waals surface area contributed by atoms with Gasteiger partial charge in [0.05, 0.1) is 20.8 Å². The Hall–Kier alpha value is -2.57. The SMILES string of the molecule is COc1ccc(CCCc2cccc(NC(=O)CNN)c2)cc1OC. The van der Waals surface area contributed by atoms with Gasteiger partial charge in [0.15, 0.2) is 11.5 Å². The molecule has 134 valence electrons. The van der Waals surface area contributed by atoms with E-state index < -0.39 is 0 Å². The zero-order chi connectivity index (χ0) is 18.1. The number of ether oxygens (including phenoxy) is 2. The summed E-state index contributed by atoms with van der Waals surface area (Å²) in [5.41, 5.74) is 5.51. The molecule has 0 heterocycles. The molecule has 2 aromatic carbocycles. The molecular weight excluding hydrogens is 318 g/mol. The number of amides is 1. The number of rotatable bonds is 9.